The van der Waals surface area contributed by atoms with E-state index >= 15 is 0 Å². The minimum absolute atomic E-state index is 0.139. The highest BCUT2D eigenvalue weighted by Crippen LogP contribution is 2.30. The maximum absolute atomic E-state index is 13.2. The number of hydrogen-bond acceptors (Lipinski definition) is 5. The van der Waals surface area contributed by atoms with Gasteiger partial charge in [-0.3, -0.25) is 9.36 Å². The summed E-state index contributed by atoms with van der Waals surface area (Å²) in [4.78, 5) is 21.2. The molecule has 0 atom stereocenters. The third kappa shape index (κ3) is 3.56. The van der Waals surface area contributed by atoms with Gasteiger partial charge in [-0.15, -0.1) is 0 Å². The van der Waals surface area contributed by atoms with E-state index in [1.807, 2.05) is 0 Å². The average molecular weight is 425 g/mol. The molecular formula is C25H19N3O4. The number of hydrogen-bond donors (Lipinski definition) is 4. The number of nitrogens with zero attached hydrogens (tertiary/aromatic N) is 2. The zero-order valence-corrected chi connectivity index (χ0v) is 16.9. The van der Waals surface area contributed by atoms with Crippen molar-refractivity contribution >= 4 is 0 Å². The Morgan fingerprint density at radius 2 is 1.28 bits per heavy atom. The molecule has 7 heteroatoms. The van der Waals surface area contributed by atoms with Crippen LogP contribution in [0.25, 0.3) is 28.3 Å². The van der Waals surface area contributed by atoms with Crippen molar-refractivity contribution in [2.75, 3.05) is 0 Å². The second-order valence-corrected chi connectivity index (χ2v) is 7.54. The summed E-state index contributed by atoms with van der Waals surface area (Å²) in [5, 5.41) is 28.8. The number of aromatic hydroxyl groups is 3. The molecule has 2 heterocycles. The van der Waals surface area contributed by atoms with Crippen molar-refractivity contribution in [1.29, 1.82) is 0 Å². The molecule has 0 saturated heterocycles. The summed E-state index contributed by atoms with van der Waals surface area (Å²) in [6, 6.07) is 20.0. The lowest BCUT2D eigenvalue weighted by Crippen LogP contribution is -2.16. The van der Waals surface area contributed by atoms with E-state index in [4.69, 9.17) is 0 Å². The van der Waals surface area contributed by atoms with E-state index in [2.05, 4.69) is 9.97 Å². The molecule has 2 aliphatic rings. The Bertz CT molecular complexity index is 1420. The van der Waals surface area contributed by atoms with Crippen molar-refractivity contribution in [3.05, 3.63) is 101 Å². The summed E-state index contributed by atoms with van der Waals surface area (Å²) >= 11 is 0. The number of nitrogens with one attached hydrogen (secondary N) is 1. The number of aromatic nitrogens is 3. The predicted octanol–water partition coefficient (Wildman–Crippen LogP) is 4.04. The standard InChI is InChI=1S/C25H19N3O4/c29-18-7-1-15(2-8-18)13-21-25(32)28-14-22(16-3-9-19(30)10-4-16)26-23(24(28)27-21)17-5-11-20(31)12-6-17/h1-12,14,26,29-31H,13H2. The van der Waals surface area contributed by atoms with Crippen LogP contribution in [0.5, 0.6) is 17.2 Å². The number of phenols is 3. The number of fused-ring (bicyclic) bond motifs is 1. The van der Waals surface area contributed by atoms with Crippen LogP contribution in [0.3, 0.4) is 0 Å². The van der Waals surface area contributed by atoms with Crippen molar-refractivity contribution < 1.29 is 15.3 Å². The summed E-state index contributed by atoms with van der Waals surface area (Å²) < 4.78 is 1.51. The molecule has 3 aromatic carbocycles. The van der Waals surface area contributed by atoms with E-state index in [9.17, 15) is 20.1 Å². The molecule has 0 aromatic heterocycles. The minimum Gasteiger partial charge on any atom is -0.508 e. The lowest BCUT2D eigenvalue weighted by atomic mass is 10.1. The van der Waals surface area contributed by atoms with Crippen LogP contribution in [0, 0.1) is 0 Å². The fraction of sp³-hybridized carbons (Fsp3) is 0.0400. The number of imidazole rings is 1. The number of phenolic OH excluding ortho intramolecular Hbond substituents is 3. The quantitative estimate of drug-likeness (QED) is 0.347. The second kappa shape index (κ2) is 7.63. The van der Waals surface area contributed by atoms with Crippen molar-refractivity contribution in [3.8, 4) is 45.6 Å². The first kappa shape index (κ1) is 19.4. The normalized spacial score (nSPS) is 11.1. The number of H-pyrrole nitrogens is 1. The van der Waals surface area contributed by atoms with E-state index in [0.29, 0.717) is 29.3 Å². The van der Waals surface area contributed by atoms with Gasteiger partial charge in [0.15, 0.2) is 5.82 Å². The molecule has 0 bridgehead atoms. The molecule has 7 nitrogen and oxygen atoms in total. The maximum Gasteiger partial charge on any atom is 0.278 e. The van der Waals surface area contributed by atoms with Crippen molar-refractivity contribution in [3.63, 3.8) is 0 Å². The largest absolute Gasteiger partial charge is 0.508 e. The SMILES string of the molecule is O=c1c(Cc2ccc(O)cc2)nc2c(-c3ccc(O)cc3)[nH]c(-c3ccc(O)cc3)cn1-2. The van der Waals surface area contributed by atoms with Crippen LogP contribution in [-0.2, 0) is 6.42 Å². The van der Waals surface area contributed by atoms with Crippen LogP contribution in [-0.4, -0.2) is 29.9 Å². The second-order valence-electron chi connectivity index (χ2n) is 7.54. The molecule has 0 fully saturated rings. The predicted molar refractivity (Wildman–Crippen MR) is 120 cm³/mol. The molecule has 32 heavy (non-hydrogen) atoms. The molecule has 3 aromatic rings. The summed E-state index contributed by atoms with van der Waals surface area (Å²) in [7, 11) is 0. The Balaban J connectivity index is 1.70. The number of benzene rings is 3. The van der Waals surface area contributed by atoms with Crippen LogP contribution in [0.4, 0.5) is 0 Å². The highest BCUT2D eigenvalue weighted by molar-refractivity contribution is 5.72. The molecule has 0 spiro atoms. The fourth-order valence-corrected chi connectivity index (χ4v) is 3.65. The van der Waals surface area contributed by atoms with Crippen LogP contribution >= 0.6 is 0 Å². The van der Waals surface area contributed by atoms with Gasteiger partial charge in [-0.2, -0.15) is 0 Å². The van der Waals surface area contributed by atoms with E-state index in [1.165, 1.54) is 4.57 Å². The highest BCUT2D eigenvalue weighted by Gasteiger charge is 2.21. The first-order valence-corrected chi connectivity index (χ1v) is 9.99. The van der Waals surface area contributed by atoms with Gasteiger partial charge in [0, 0.05) is 18.2 Å². The lowest BCUT2D eigenvalue weighted by molar-refractivity contribution is 0.474. The Labute approximate surface area is 182 Å². The molecular weight excluding hydrogens is 406 g/mol. The van der Waals surface area contributed by atoms with E-state index in [-0.39, 0.29) is 22.8 Å². The maximum atomic E-state index is 13.2. The molecule has 5 rings (SSSR count). The Kier molecular flexibility index (Phi) is 4.63. The van der Waals surface area contributed by atoms with Crippen molar-refractivity contribution in [1.82, 2.24) is 14.5 Å². The average Bonchev–Trinajstić information content (AvgIpc) is 3.11. The summed E-state index contributed by atoms with van der Waals surface area (Å²) in [6.07, 6.45) is 2.02. The van der Waals surface area contributed by atoms with E-state index < -0.39 is 0 Å². The third-order valence-corrected chi connectivity index (χ3v) is 5.32. The van der Waals surface area contributed by atoms with Crippen LogP contribution in [0.1, 0.15) is 11.3 Å². The lowest BCUT2D eigenvalue weighted by Gasteiger charge is -2.13. The zero-order chi connectivity index (χ0) is 22.2. The number of rotatable bonds is 4. The summed E-state index contributed by atoms with van der Waals surface area (Å²) in [6.45, 7) is 0. The molecule has 2 aliphatic heterocycles. The van der Waals surface area contributed by atoms with Crippen molar-refractivity contribution in [2.45, 2.75) is 6.42 Å². The van der Waals surface area contributed by atoms with Gasteiger partial charge in [-0.1, -0.05) is 12.1 Å². The Morgan fingerprint density at radius 3 is 1.88 bits per heavy atom. The minimum atomic E-state index is -0.234. The van der Waals surface area contributed by atoms with Gasteiger partial charge in [-0.25, -0.2) is 4.98 Å². The van der Waals surface area contributed by atoms with Gasteiger partial charge in [0.2, 0.25) is 0 Å². The Hall–Kier alpha value is -4.52. The van der Waals surface area contributed by atoms with Gasteiger partial charge in [0.05, 0.1) is 11.4 Å². The fourth-order valence-electron chi connectivity index (χ4n) is 3.65. The number of aromatic amines is 1. The highest BCUT2D eigenvalue weighted by atomic mass is 16.3. The molecule has 0 amide bonds. The topological polar surface area (TPSA) is 111 Å². The molecule has 158 valence electrons. The van der Waals surface area contributed by atoms with Gasteiger partial charge < -0.3 is 20.3 Å². The van der Waals surface area contributed by atoms with Crippen LogP contribution in [0.15, 0.2) is 83.8 Å². The van der Waals surface area contributed by atoms with Crippen LogP contribution in [0.2, 0.25) is 0 Å². The smallest absolute Gasteiger partial charge is 0.278 e. The Morgan fingerprint density at radius 1 is 0.750 bits per heavy atom. The first-order valence-electron chi connectivity index (χ1n) is 9.99. The summed E-state index contributed by atoms with van der Waals surface area (Å²) in [5.41, 5.74) is 3.86. The van der Waals surface area contributed by atoms with Gasteiger partial charge in [0.25, 0.3) is 5.56 Å². The molecule has 0 aliphatic carbocycles. The van der Waals surface area contributed by atoms with Crippen molar-refractivity contribution in [2.24, 2.45) is 0 Å². The third-order valence-electron chi connectivity index (χ3n) is 5.32. The van der Waals surface area contributed by atoms with Gasteiger partial charge in [-0.05, 0) is 71.8 Å². The zero-order valence-electron chi connectivity index (χ0n) is 16.9. The van der Waals surface area contributed by atoms with E-state index in [1.54, 1.807) is 79.0 Å². The van der Waals surface area contributed by atoms with Crippen LogP contribution < -0.4 is 5.56 Å². The molecule has 4 N–H and O–H groups in total. The monoisotopic (exact) mass is 425 g/mol. The molecule has 0 unspecified atom stereocenters. The molecule has 0 saturated carbocycles. The van der Waals surface area contributed by atoms with E-state index in [0.717, 1.165) is 16.7 Å². The van der Waals surface area contributed by atoms with Gasteiger partial charge >= 0.3 is 0 Å². The summed E-state index contributed by atoms with van der Waals surface area (Å²) in [5.74, 6) is 0.920. The first-order chi connectivity index (χ1) is 15.5. The van der Waals surface area contributed by atoms with Gasteiger partial charge in [0.1, 0.15) is 22.9 Å². The molecule has 0 radical (unpaired) electrons.